The Hall–Kier alpha value is -3.12. The Labute approximate surface area is 154 Å². The van der Waals surface area contributed by atoms with Crippen LogP contribution < -0.4 is 10.3 Å². The van der Waals surface area contributed by atoms with Crippen molar-refractivity contribution in [2.75, 3.05) is 7.11 Å². The van der Waals surface area contributed by atoms with Crippen LogP contribution in [0, 0.1) is 6.92 Å². The summed E-state index contributed by atoms with van der Waals surface area (Å²) in [6, 6.07) is 14.6. The number of hydrogen-bond acceptors (Lipinski definition) is 4. The van der Waals surface area contributed by atoms with E-state index in [9.17, 15) is 4.79 Å². The molecule has 0 N–H and O–H groups in total. The molecule has 2 heterocycles. The topological polar surface area (TPSA) is 61.4 Å². The molecule has 0 aliphatic carbocycles. The average Bonchev–Trinajstić information content (AvgIpc) is 3.08. The Morgan fingerprint density at radius 3 is 2.58 bits per heavy atom. The van der Waals surface area contributed by atoms with E-state index in [-0.39, 0.29) is 5.56 Å². The van der Waals surface area contributed by atoms with Gasteiger partial charge in [0.1, 0.15) is 12.1 Å². The van der Waals surface area contributed by atoms with Crippen molar-refractivity contribution in [3.05, 3.63) is 75.8 Å². The monoisotopic (exact) mass is 366 g/mol. The van der Waals surface area contributed by atoms with Crippen LogP contribution in [0.2, 0.25) is 5.02 Å². The van der Waals surface area contributed by atoms with E-state index >= 15 is 0 Å². The zero-order chi connectivity index (χ0) is 18.3. The van der Waals surface area contributed by atoms with Crippen LogP contribution in [-0.2, 0) is 0 Å². The van der Waals surface area contributed by atoms with E-state index in [0.717, 1.165) is 11.1 Å². The van der Waals surface area contributed by atoms with E-state index in [2.05, 4.69) is 10.2 Å². The van der Waals surface area contributed by atoms with Gasteiger partial charge in [-0.1, -0.05) is 29.8 Å². The summed E-state index contributed by atoms with van der Waals surface area (Å²) >= 11 is 5.93. The molecule has 130 valence electrons. The Bertz CT molecular complexity index is 1160. The van der Waals surface area contributed by atoms with Gasteiger partial charge < -0.3 is 4.74 Å². The molecule has 0 unspecified atom stereocenters. The number of aromatic nitrogens is 4. The van der Waals surface area contributed by atoms with Crippen LogP contribution in [0.3, 0.4) is 0 Å². The molecular weight excluding hydrogens is 352 g/mol. The van der Waals surface area contributed by atoms with E-state index in [0.29, 0.717) is 27.7 Å². The largest absolute Gasteiger partial charge is 0.496 e. The SMILES string of the molecule is COc1cc(-n2cnn3nc(-c4ccc(Cl)cc4)cc3c2=O)ccc1C. The van der Waals surface area contributed by atoms with Gasteiger partial charge in [0, 0.05) is 16.7 Å². The first kappa shape index (κ1) is 16.4. The normalized spacial score (nSPS) is 11.0. The lowest BCUT2D eigenvalue weighted by Crippen LogP contribution is -2.21. The molecule has 2 aromatic heterocycles. The number of halogens is 1. The van der Waals surface area contributed by atoms with Crippen molar-refractivity contribution in [1.82, 2.24) is 19.4 Å². The molecule has 0 aliphatic heterocycles. The van der Waals surface area contributed by atoms with E-state index in [1.165, 1.54) is 15.5 Å². The second kappa shape index (κ2) is 6.31. The van der Waals surface area contributed by atoms with Crippen molar-refractivity contribution in [3.63, 3.8) is 0 Å². The molecule has 4 rings (SSSR count). The Morgan fingerprint density at radius 2 is 1.85 bits per heavy atom. The van der Waals surface area contributed by atoms with Crippen LogP contribution in [-0.4, -0.2) is 26.5 Å². The third kappa shape index (κ3) is 2.74. The lowest BCUT2D eigenvalue weighted by Gasteiger charge is -2.09. The summed E-state index contributed by atoms with van der Waals surface area (Å²) in [5.74, 6) is 0.713. The molecule has 0 atom stereocenters. The number of benzene rings is 2. The fraction of sp³-hybridized carbons (Fsp3) is 0.105. The fourth-order valence-corrected chi connectivity index (χ4v) is 2.91. The zero-order valence-electron chi connectivity index (χ0n) is 14.2. The summed E-state index contributed by atoms with van der Waals surface area (Å²) in [6.07, 6.45) is 1.46. The van der Waals surface area contributed by atoms with Crippen molar-refractivity contribution in [2.24, 2.45) is 0 Å². The number of nitrogens with zero attached hydrogens (tertiary/aromatic N) is 4. The maximum Gasteiger partial charge on any atom is 0.284 e. The van der Waals surface area contributed by atoms with Gasteiger partial charge in [0.15, 0.2) is 5.52 Å². The standard InChI is InChI=1S/C19H15ClN4O2/c1-12-3-8-15(9-18(12)26-2)23-11-21-24-17(19(23)25)10-16(22-24)13-4-6-14(20)7-5-13/h3-11H,1-2H3. The van der Waals surface area contributed by atoms with Gasteiger partial charge in [-0.05, 0) is 36.8 Å². The fourth-order valence-electron chi connectivity index (χ4n) is 2.79. The molecule has 2 aromatic carbocycles. The summed E-state index contributed by atoms with van der Waals surface area (Å²) in [5, 5.41) is 9.29. The first-order valence-corrected chi connectivity index (χ1v) is 8.33. The predicted molar refractivity (Wildman–Crippen MR) is 100 cm³/mol. The number of rotatable bonds is 3. The maximum absolute atomic E-state index is 12.9. The van der Waals surface area contributed by atoms with Crippen molar-refractivity contribution in [3.8, 4) is 22.7 Å². The molecule has 26 heavy (non-hydrogen) atoms. The Balaban J connectivity index is 1.85. The number of fused-ring (bicyclic) bond motifs is 1. The molecule has 0 amide bonds. The first-order chi connectivity index (χ1) is 12.6. The summed E-state index contributed by atoms with van der Waals surface area (Å²) in [7, 11) is 1.60. The van der Waals surface area contributed by atoms with Gasteiger partial charge >= 0.3 is 0 Å². The molecule has 6 nitrogen and oxygen atoms in total. The van der Waals surface area contributed by atoms with Crippen LogP contribution in [0.1, 0.15) is 5.56 Å². The highest BCUT2D eigenvalue weighted by atomic mass is 35.5. The minimum Gasteiger partial charge on any atom is -0.496 e. The van der Waals surface area contributed by atoms with E-state index in [4.69, 9.17) is 16.3 Å². The van der Waals surface area contributed by atoms with Crippen molar-refractivity contribution < 1.29 is 4.74 Å². The van der Waals surface area contributed by atoms with E-state index in [1.807, 2.05) is 37.3 Å². The lowest BCUT2D eigenvalue weighted by atomic mass is 10.1. The first-order valence-electron chi connectivity index (χ1n) is 7.95. The zero-order valence-corrected chi connectivity index (χ0v) is 14.9. The molecular formula is C19H15ClN4O2. The Morgan fingerprint density at radius 1 is 1.08 bits per heavy atom. The van der Waals surface area contributed by atoms with Gasteiger partial charge in [-0.2, -0.15) is 0 Å². The predicted octanol–water partition coefficient (Wildman–Crippen LogP) is 3.52. The highest BCUT2D eigenvalue weighted by Crippen LogP contribution is 2.22. The number of methoxy groups -OCH3 is 1. The van der Waals surface area contributed by atoms with Gasteiger partial charge in [-0.15, -0.1) is 14.8 Å². The summed E-state index contributed by atoms with van der Waals surface area (Å²) < 4.78 is 8.16. The molecule has 7 heteroatoms. The van der Waals surface area contributed by atoms with Crippen LogP contribution in [0.5, 0.6) is 5.75 Å². The molecule has 0 saturated carbocycles. The van der Waals surface area contributed by atoms with Crippen molar-refractivity contribution >= 4 is 17.1 Å². The number of ether oxygens (including phenoxy) is 1. The molecule has 0 bridgehead atoms. The quantitative estimate of drug-likeness (QED) is 0.556. The van der Waals surface area contributed by atoms with Crippen LogP contribution in [0.15, 0.2) is 59.7 Å². The van der Waals surface area contributed by atoms with Gasteiger partial charge in [0.25, 0.3) is 5.56 Å². The van der Waals surface area contributed by atoms with Crippen LogP contribution >= 0.6 is 11.6 Å². The smallest absolute Gasteiger partial charge is 0.284 e. The molecule has 0 radical (unpaired) electrons. The summed E-state index contributed by atoms with van der Waals surface area (Å²) in [6.45, 7) is 1.95. The van der Waals surface area contributed by atoms with Crippen LogP contribution in [0.25, 0.3) is 22.5 Å². The molecule has 0 spiro atoms. The highest BCUT2D eigenvalue weighted by Gasteiger charge is 2.12. The van der Waals surface area contributed by atoms with Gasteiger partial charge in [0.2, 0.25) is 0 Å². The second-order valence-electron chi connectivity index (χ2n) is 5.87. The summed E-state index contributed by atoms with van der Waals surface area (Å²) in [4.78, 5) is 12.9. The van der Waals surface area contributed by atoms with E-state index in [1.54, 1.807) is 25.3 Å². The molecule has 0 saturated heterocycles. The van der Waals surface area contributed by atoms with Gasteiger partial charge in [0.05, 0.1) is 18.5 Å². The van der Waals surface area contributed by atoms with Crippen molar-refractivity contribution in [2.45, 2.75) is 6.92 Å². The van der Waals surface area contributed by atoms with E-state index < -0.39 is 0 Å². The maximum atomic E-state index is 12.9. The lowest BCUT2D eigenvalue weighted by molar-refractivity contribution is 0.411. The second-order valence-corrected chi connectivity index (χ2v) is 6.31. The number of aryl methyl sites for hydroxylation is 1. The third-order valence-electron chi connectivity index (χ3n) is 4.22. The summed E-state index contributed by atoms with van der Waals surface area (Å²) in [5.41, 5.74) is 3.37. The molecule has 0 aliphatic rings. The van der Waals surface area contributed by atoms with Gasteiger partial charge in [-0.25, -0.2) is 0 Å². The number of hydrogen-bond donors (Lipinski definition) is 0. The Kier molecular flexibility index (Phi) is 3.97. The minimum absolute atomic E-state index is 0.210. The molecule has 0 fully saturated rings. The molecule has 4 aromatic rings. The highest BCUT2D eigenvalue weighted by molar-refractivity contribution is 6.30. The minimum atomic E-state index is -0.210. The average molecular weight is 367 g/mol. The van der Waals surface area contributed by atoms with Crippen LogP contribution in [0.4, 0.5) is 0 Å². The van der Waals surface area contributed by atoms with Crippen molar-refractivity contribution in [1.29, 1.82) is 0 Å². The third-order valence-corrected chi connectivity index (χ3v) is 4.47. The van der Waals surface area contributed by atoms with Gasteiger partial charge in [-0.3, -0.25) is 9.36 Å².